The zero-order chi connectivity index (χ0) is 21.9. The lowest BCUT2D eigenvalue weighted by Crippen LogP contribution is -2.34. The third kappa shape index (κ3) is 4.66. The summed E-state index contributed by atoms with van der Waals surface area (Å²) in [4.78, 5) is 37.0. The maximum Gasteiger partial charge on any atom is 0.416 e. The topological polar surface area (TPSA) is 98.7 Å². The lowest BCUT2D eigenvalue weighted by molar-refractivity contribution is -0.138. The second-order valence-electron chi connectivity index (χ2n) is 6.31. The van der Waals surface area contributed by atoms with Crippen molar-refractivity contribution in [3.63, 3.8) is 0 Å². The minimum absolute atomic E-state index is 0.00113. The molecule has 0 bridgehead atoms. The Hall–Kier alpha value is -3.66. The molecule has 1 aliphatic heterocycles. The molecule has 0 fully saturated rings. The SMILES string of the molecule is O=C(Nc1cccc(C(F)(F)F)c1)c1ccc(NC2=CC(=O)N(CCO)C2=O)cc1. The number of rotatable bonds is 6. The van der Waals surface area contributed by atoms with Gasteiger partial charge in [0.05, 0.1) is 18.7 Å². The number of nitrogens with zero attached hydrogens (tertiary/aromatic N) is 1. The number of alkyl halides is 3. The number of hydrogen-bond donors (Lipinski definition) is 3. The molecule has 0 radical (unpaired) electrons. The van der Waals surface area contributed by atoms with Crippen LogP contribution in [0, 0.1) is 0 Å². The van der Waals surface area contributed by atoms with Gasteiger partial charge in [-0.05, 0) is 42.5 Å². The monoisotopic (exact) mass is 419 g/mol. The molecule has 0 saturated carbocycles. The highest BCUT2D eigenvalue weighted by Gasteiger charge is 2.31. The Kier molecular flexibility index (Phi) is 5.88. The van der Waals surface area contributed by atoms with Crippen LogP contribution in [0.15, 0.2) is 60.3 Å². The number of imide groups is 1. The van der Waals surface area contributed by atoms with Gasteiger partial charge < -0.3 is 15.7 Å². The number of hydrogen-bond acceptors (Lipinski definition) is 5. The first-order valence-electron chi connectivity index (χ1n) is 8.73. The summed E-state index contributed by atoms with van der Waals surface area (Å²) in [6.45, 7) is -0.470. The molecule has 7 nitrogen and oxygen atoms in total. The van der Waals surface area contributed by atoms with Gasteiger partial charge in [0, 0.05) is 23.0 Å². The minimum Gasteiger partial charge on any atom is -0.395 e. The molecule has 30 heavy (non-hydrogen) atoms. The van der Waals surface area contributed by atoms with Crippen LogP contribution in [0.3, 0.4) is 0 Å². The van der Waals surface area contributed by atoms with E-state index in [9.17, 15) is 27.6 Å². The molecule has 156 valence electrons. The fourth-order valence-electron chi connectivity index (χ4n) is 2.75. The van der Waals surface area contributed by atoms with Gasteiger partial charge in [-0.3, -0.25) is 19.3 Å². The summed E-state index contributed by atoms with van der Waals surface area (Å²) >= 11 is 0. The fraction of sp³-hybridized carbons (Fsp3) is 0.150. The highest BCUT2D eigenvalue weighted by Crippen LogP contribution is 2.30. The van der Waals surface area contributed by atoms with Crippen molar-refractivity contribution in [3.05, 3.63) is 71.4 Å². The number of halogens is 3. The quantitative estimate of drug-likeness (QED) is 0.626. The van der Waals surface area contributed by atoms with Gasteiger partial charge in [0.1, 0.15) is 5.70 Å². The number of aliphatic hydroxyl groups excluding tert-OH is 1. The Labute approximate surface area is 168 Å². The van der Waals surface area contributed by atoms with Crippen molar-refractivity contribution < 1.29 is 32.7 Å². The van der Waals surface area contributed by atoms with Crippen molar-refractivity contribution in [1.82, 2.24) is 4.90 Å². The minimum atomic E-state index is -4.52. The zero-order valence-electron chi connectivity index (χ0n) is 15.4. The molecule has 3 N–H and O–H groups in total. The van der Waals surface area contributed by atoms with Crippen molar-refractivity contribution in [2.24, 2.45) is 0 Å². The van der Waals surface area contributed by atoms with Crippen molar-refractivity contribution >= 4 is 29.1 Å². The molecule has 0 spiro atoms. The summed E-state index contributed by atoms with van der Waals surface area (Å²) in [5.41, 5.74) is -0.249. The Morgan fingerprint density at radius 1 is 1.03 bits per heavy atom. The van der Waals surface area contributed by atoms with Crippen molar-refractivity contribution in [2.45, 2.75) is 6.18 Å². The molecule has 1 heterocycles. The van der Waals surface area contributed by atoms with Gasteiger partial charge in [0.2, 0.25) is 0 Å². The lowest BCUT2D eigenvalue weighted by atomic mass is 10.1. The highest BCUT2D eigenvalue weighted by atomic mass is 19.4. The standard InChI is InChI=1S/C20H16F3N3O4/c21-20(22,23)13-2-1-3-15(10-13)25-18(29)12-4-6-14(7-5-12)24-16-11-17(28)26(8-9-27)19(16)30/h1-7,10-11,24,27H,8-9H2,(H,25,29). The van der Waals surface area contributed by atoms with Crippen LogP contribution in [-0.4, -0.2) is 40.9 Å². The maximum absolute atomic E-state index is 12.8. The predicted molar refractivity (Wildman–Crippen MR) is 101 cm³/mol. The van der Waals surface area contributed by atoms with E-state index in [2.05, 4.69) is 10.6 Å². The summed E-state index contributed by atoms with van der Waals surface area (Å²) in [5.74, 6) is -1.74. The highest BCUT2D eigenvalue weighted by molar-refractivity contribution is 6.17. The Morgan fingerprint density at radius 3 is 2.37 bits per heavy atom. The second kappa shape index (κ2) is 8.37. The summed E-state index contributed by atoms with van der Waals surface area (Å²) in [5, 5.41) is 14.1. The zero-order valence-corrected chi connectivity index (χ0v) is 15.4. The fourth-order valence-corrected chi connectivity index (χ4v) is 2.75. The number of β-amino-alcohol motifs (C(OH)–C–C–N with tert-alkyl or cyclic N) is 1. The first-order valence-corrected chi connectivity index (χ1v) is 8.73. The number of aliphatic hydroxyl groups is 1. The van der Waals surface area contributed by atoms with Crippen LogP contribution < -0.4 is 10.6 Å². The van der Waals surface area contributed by atoms with Gasteiger partial charge in [-0.2, -0.15) is 13.2 Å². The average Bonchev–Trinajstić information content (AvgIpc) is 2.96. The van der Waals surface area contributed by atoms with Crippen molar-refractivity contribution in [3.8, 4) is 0 Å². The normalized spacial score (nSPS) is 14.0. The number of carbonyl (C=O) groups excluding carboxylic acids is 3. The molecule has 0 aromatic heterocycles. The van der Waals surface area contributed by atoms with E-state index >= 15 is 0 Å². The smallest absolute Gasteiger partial charge is 0.395 e. The molecule has 0 saturated heterocycles. The number of nitrogens with one attached hydrogen (secondary N) is 2. The van der Waals surface area contributed by atoms with E-state index in [1.54, 1.807) is 0 Å². The van der Waals surface area contributed by atoms with Gasteiger partial charge >= 0.3 is 6.18 Å². The molecule has 2 aromatic rings. The van der Waals surface area contributed by atoms with E-state index in [1.807, 2.05) is 0 Å². The summed E-state index contributed by atoms with van der Waals surface area (Å²) in [6.07, 6.45) is -3.42. The van der Waals surface area contributed by atoms with E-state index in [4.69, 9.17) is 5.11 Å². The second-order valence-corrected chi connectivity index (χ2v) is 6.31. The lowest BCUT2D eigenvalue weighted by Gasteiger charge is -2.13. The molecule has 10 heteroatoms. The van der Waals surface area contributed by atoms with Gasteiger partial charge in [-0.25, -0.2) is 0 Å². The van der Waals surface area contributed by atoms with E-state index in [0.717, 1.165) is 23.1 Å². The van der Waals surface area contributed by atoms with E-state index in [-0.39, 0.29) is 30.1 Å². The molecule has 3 rings (SSSR count). The third-order valence-electron chi connectivity index (χ3n) is 4.21. The third-order valence-corrected chi connectivity index (χ3v) is 4.21. The van der Waals surface area contributed by atoms with E-state index in [0.29, 0.717) is 5.69 Å². The summed E-state index contributed by atoms with van der Waals surface area (Å²) in [6, 6.07) is 10.1. The molecule has 3 amide bonds. The molecule has 1 aliphatic rings. The van der Waals surface area contributed by atoms with Gasteiger partial charge in [0.25, 0.3) is 17.7 Å². The average molecular weight is 419 g/mol. The van der Waals surface area contributed by atoms with Gasteiger partial charge in [-0.15, -0.1) is 0 Å². The van der Waals surface area contributed by atoms with Gasteiger partial charge in [-0.1, -0.05) is 6.07 Å². The van der Waals surface area contributed by atoms with Crippen LogP contribution >= 0.6 is 0 Å². The molecule has 0 unspecified atom stereocenters. The van der Waals surface area contributed by atoms with Crippen molar-refractivity contribution in [2.75, 3.05) is 23.8 Å². The Balaban J connectivity index is 1.66. The Morgan fingerprint density at radius 2 is 1.73 bits per heavy atom. The van der Waals surface area contributed by atoms with Crippen LogP contribution in [0.2, 0.25) is 0 Å². The first-order chi connectivity index (χ1) is 14.2. The maximum atomic E-state index is 12.8. The summed E-state index contributed by atoms with van der Waals surface area (Å²) in [7, 11) is 0. The number of carbonyl (C=O) groups is 3. The van der Waals surface area contributed by atoms with Crippen LogP contribution in [0.5, 0.6) is 0 Å². The molecule has 2 aromatic carbocycles. The number of anilines is 2. The molecule has 0 aliphatic carbocycles. The first kappa shape index (κ1) is 21.1. The number of amides is 3. The van der Waals surface area contributed by atoms with E-state index < -0.39 is 29.5 Å². The Bertz CT molecular complexity index is 1020. The molecular formula is C20H16F3N3O4. The van der Waals surface area contributed by atoms with Crippen LogP contribution in [0.1, 0.15) is 15.9 Å². The molecular weight excluding hydrogens is 403 g/mol. The van der Waals surface area contributed by atoms with Gasteiger partial charge in [0.15, 0.2) is 0 Å². The number of benzene rings is 2. The van der Waals surface area contributed by atoms with Crippen LogP contribution in [0.4, 0.5) is 24.5 Å². The molecule has 0 atom stereocenters. The summed E-state index contributed by atoms with van der Waals surface area (Å²) < 4.78 is 38.3. The van der Waals surface area contributed by atoms with E-state index in [1.165, 1.54) is 36.4 Å². The van der Waals surface area contributed by atoms with Crippen LogP contribution in [-0.2, 0) is 15.8 Å². The van der Waals surface area contributed by atoms with Crippen molar-refractivity contribution in [1.29, 1.82) is 0 Å². The van der Waals surface area contributed by atoms with Crippen LogP contribution in [0.25, 0.3) is 0 Å². The predicted octanol–water partition coefficient (Wildman–Crippen LogP) is 2.61. The largest absolute Gasteiger partial charge is 0.416 e.